The largest absolute Gasteiger partial charge is 0.693 e. The fourth-order valence-corrected chi connectivity index (χ4v) is 2.49. The van der Waals surface area contributed by atoms with Gasteiger partial charge >= 0.3 is 6.09 Å². The average molecular weight is 588 g/mol. The molecule has 1 amide bonds. The number of benzene rings is 2. The minimum atomic E-state index is -0.961. The SMILES string of the molecule is CCNC(=O)O.C[CH-]C.ClC[n+]1cc2ccccc2c2ccccc21.[NH2-].[NH2-].[Pt]. The number of aromatic nitrogens is 1. The summed E-state index contributed by atoms with van der Waals surface area (Å²) in [5.41, 5.74) is 1.18. The van der Waals surface area contributed by atoms with Gasteiger partial charge in [-0.25, -0.2) is 4.79 Å². The average Bonchev–Trinajstić information content (AvgIpc) is 2.62. The number of pyridine rings is 1. The molecule has 28 heavy (non-hydrogen) atoms. The van der Waals surface area contributed by atoms with Crippen molar-refractivity contribution < 1.29 is 35.5 Å². The van der Waals surface area contributed by atoms with E-state index in [1.54, 1.807) is 6.92 Å². The predicted octanol–water partition coefficient (Wildman–Crippen LogP) is 6.41. The number of halogens is 1. The number of amides is 1. The molecule has 6 N–H and O–H groups in total. The molecule has 0 spiro atoms. The molecular formula is C20H29ClN4O2Pt-2. The van der Waals surface area contributed by atoms with Crippen molar-refractivity contribution in [3.05, 3.63) is 73.4 Å². The van der Waals surface area contributed by atoms with E-state index in [9.17, 15) is 4.79 Å². The van der Waals surface area contributed by atoms with Gasteiger partial charge in [-0.05, 0) is 19.1 Å². The van der Waals surface area contributed by atoms with Crippen LogP contribution in [0.3, 0.4) is 0 Å². The summed E-state index contributed by atoms with van der Waals surface area (Å²) in [6.07, 6.45) is 3.14. The van der Waals surface area contributed by atoms with Gasteiger partial charge in [0, 0.05) is 44.4 Å². The van der Waals surface area contributed by atoms with Crippen LogP contribution in [0.5, 0.6) is 0 Å². The third-order valence-electron chi connectivity index (χ3n) is 3.22. The molecule has 3 aromatic rings. The molecule has 0 saturated carbocycles. The van der Waals surface area contributed by atoms with E-state index >= 15 is 0 Å². The number of rotatable bonds is 2. The summed E-state index contributed by atoms with van der Waals surface area (Å²) >= 11 is 5.97. The van der Waals surface area contributed by atoms with E-state index in [1.165, 1.54) is 21.7 Å². The number of carboxylic acid groups (broad SMARTS) is 1. The molecule has 0 bridgehead atoms. The zero-order valence-corrected chi connectivity index (χ0v) is 19.4. The van der Waals surface area contributed by atoms with E-state index in [0.29, 0.717) is 12.5 Å². The summed E-state index contributed by atoms with van der Waals surface area (Å²) in [5, 5.41) is 13.7. The van der Waals surface area contributed by atoms with E-state index in [0.717, 1.165) is 0 Å². The van der Waals surface area contributed by atoms with Crippen LogP contribution in [0.4, 0.5) is 4.79 Å². The summed E-state index contributed by atoms with van der Waals surface area (Å²) in [7, 11) is 0. The van der Waals surface area contributed by atoms with Crippen molar-refractivity contribution in [3.8, 4) is 0 Å². The monoisotopic (exact) mass is 587 g/mol. The number of para-hydroxylation sites is 1. The number of nitrogens with two attached hydrogens (primary N) is 2. The van der Waals surface area contributed by atoms with Crippen LogP contribution in [0.1, 0.15) is 20.8 Å². The summed E-state index contributed by atoms with van der Waals surface area (Å²) in [6.45, 7) is 6.21. The van der Waals surface area contributed by atoms with Gasteiger partial charge in [0.2, 0.25) is 11.5 Å². The second-order valence-corrected chi connectivity index (χ2v) is 5.47. The third kappa shape index (κ3) is 9.47. The molecule has 0 radical (unpaired) electrons. The number of hydrogen-bond acceptors (Lipinski definition) is 1. The van der Waals surface area contributed by atoms with Gasteiger partial charge in [-0.15, -0.1) is 0 Å². The van der Waals surface area contributed by atoms with Crippen molar-refractivity contribution in [2.45, 2.75) is 26.8 Å². The summed E-state index contributed by atoms with van der Waals surface area (Å²) in [6, 6.07) is 17.2. The molecule has 160 valence electrons. The molecule has 6 nitrogen and oxygen atoms in total. The summed E-state index contributed by atoms with van der Waals surface area (Å²) in [5.74, 6) is 0. The number of alkyl halides is 1. The Morgan fingerprint density at radius 1 is 1.07 bits per heavy atom. The molecular weight excluding hydrogens is 559 g/mol. The fraction of sp³-hybridized carbons (Fsp3) is 0.250. The molecule has 0 saturated heterocycles. The van der Waals surface area contributed by atoms with Crippen LogP contribution in [-0.2, 0) is 27.1 Å². The van der Waals surface area contributed by atoms with Crippen LogP contribution in [-0.4, -0.2) is 17.7 Å². The van der Waals surface area contributed by atoms with Crippen molar-refractivity contribution in [2.75, 3.05) is 6.54 Å². The van der Waals surface area contributed by atoms with Gasteiger partial charge in [0.05, 0.1) is 5.39 Å². The predicted molar refractivity (Wildman–Crippen MR) is 115 cm³/mol. The van der Waals surface area contributed by atoms with Gasteiger partial charge in [0.25, 0.3) is 0 Å². The molecule has 0 fully saturated rings. The maximum absolute atomic E-state index is 9.49. The first-order valence-corrected chi connectivity index (χ1v) is 8.69. The summed E-state index contributed by atoms with van der Waals surface area (Å²) < 4.78 is 2.07. The quantitative estimate of drug-likeness (QED) is 0.156. The molecule has 0 aliphatic rings. The summed E-state index contributed by atoms with van der Waals surface area (Å²) in [4.78, 5) is 9.49. The van der Waals surface area contributed by atoms with E-state index in [2.05, 4.69) is 58.5 Å². The Hall–Kier alpha value is -1.72. The van der Waals surface area contributed by atoms with Crippen molar-refractivity contribution in [1.29, 1.82) is 0 Å². The first-order chi connectivity index (χ1) is 12.1. The van der Waals surface area contributed by atoms with Gasteiger partial charge in [0.1, 0.15) is 0 Å². The van der Waals surface area contributed by atoms with Crippen molar-refractivity contribution in [1.82, 2.24) is 5.32 Å². The topological polar surface area (TPSA) is 120 Å². The minimum Gasteiger partial charge on any atom is -0.693 e. The molecule has 1 aromatic heterocycles. The van der Waals surface area contributed by atoms with Crippen molar-refractivity contribution in [3.63, 3.8) is 0 Å². The number of hydrogen-bond donors (Lipinski definition) is 2. The molecule has 0 aliphatic heterocycles. The third-order valence-corrected chi connectivity index (χ3v) is 3.47. The van der Waals surface area contributed by atoms with Gasteiger partial charge in [0.15, 0.2) is 6.20 Å². The van der Waals surface area contributed by atoms with E-state index in [-0.39, 0.29) is 33.4 Å². The molecule has 8 heteroatoms. The Bertz CT molecular complexity index is 818. The molecule has 0 atom stereocenters. The van der Waals surface area contributed by atoms with E-state index in [4.69, 9.17) is 16.7 Å². The number of nitrogens with one attached hydrogen (secondary N) is 1. The Kier molecular flexibility index (Phi) is 19.2. The van der Waals surface area contributed by atoms with E-state index < -0.39 is 6.09 Å². The first-order valence-electron chi connectivity index (χ1n) is 8.15. The molecule has 3 rings (SSSR count). The Morgan fingerprint density at radius 3 is 2.04 bits per heavy atom. The Morgan fingerprint density at radius 2 is 1.57 bits per heavy atom. The van der Waals surface area contributed by atoms with Gasteiger partial charge in [-0.2, -0.15) is 18.4 Å². The molecule has 0 unspecified atom stereocenters. The Balaban J connectivity index is -0.000000452. The zero-order valence-electron chi connectivity index (χ0n) is 16.3. The van der Waals surface area contributed by atoms with Crippen molar-refractivity contribution in [2.24, 2.45) is 0 Å². The van der Waals surface area contributed by atoms with Gasteiger partial charge < -0.3 is 29.1 Å². The van der Waals surface area contributed by atoms with Crippen LogP contribution in [0, 0.1) is 6.42 Å². The normalized spacial score (nSPS) is 8.57. The molecule has 1 heterocycles. The first kappa shape index (κ1) is 31.0. The molecule has 0 aliphatic carbocycles. The zero-order chi connectivity index (χ0) is 18.7. The minimum absolute atomic E-state index is 0. The van der Waals surface area contributed by atoms with Crippen LogP contribution in [0.25, 0.3) is 34.0 Å². The number of carbonyl (C=O) groups is 1. The maximum Gasteiger partial charge on any atom is 0.404 e. The van der Waals surface area contributed by atoms with Gasteiger partial charge in [-0.3, -0.25) is 0 Å². The molecule has 2 aromatic carbocycles. The van der Waals surface area contributed by atoms with Crippen LogP contribution in [0.2, 0.25) is 0 Å². The number of nitrogens with zero attached hydrogens (tertiary/aromatic N) is 1. The Labute approximate surface area is 186 Å². The van der Waals surface area contributed by atoms with Crippen LogP contribution < -0.4 is 9.88 Å². The smallest absolute Gasteiger partial charge is 0.404 e. The standard InChI is InChI=1S/C14H11ClN.C3H7NO2.C3H7.2H2N.Pt/c15-10-16-9-11-5-1-2-6-12(11)13-7-3-4-8-14(13)16;1-2-4-3(5)6;1-3-2;;;/h1-9H,10H2;4H,2H2,1H3,(H,5,6);3H,1-2H3;2*1H2;/q+1;;3*-1;. The van der Waals surface area contributed by atoms with E-state index in [1.807, 2.05) is 26.3 Å². The second-order valence-electron chi connectivity index (χ2n) is 5.24. The fourth-order valence-electron chi connectivity index (χ4n) is 2.29. The van der Waals surface area contributed by atoms with Gasteiger partial charge in [-0.1, -0.05) is 41.9 Å². The van der Waals surface area contributed by atoms with Crippen LogP contribution >= 0.6 is 11.6 Å². The number of fused-ring (bicyclic) bond motifs is 3. The maximum atomic E-state index is 9.49. The van der Waals surface area contributed by atoms with Crippen LogP contribution in [0.15, 0.2) is 54.7 Å². The van der Waals surface area contributed by atoms with Crippen molar-refractivity contribution >= 4 is 39.4 Å². The second kappa shape index (κ2) is 17.4.